The van der Waals surface area contributed by atoms with Gasteiger partial charge in [0.05, 0.1) is 10.6 Å². The molecule has 0 aliphatic rings. The molecule has 0 unspecified atom stereocenters. The summed E-state index contributed by atoms with van der Waals surface area (Å²) in [4.78, 5) is 23.5. The van der Waals surface area contributed by atoms with Crippen molar-refractivity contribution in [2.75, 3.05) is 11.4 Å². The van der Waals surface area contributed by atoms with Crippen LogP contribution in [0.3, 0.4) is 0 Å². The monoisotopic (exact) mass is 344 g/mol. The Kier molecular flexibility index (Phi) is 4.75. The number of nitrogens with zero attached hydrogens (tertiary/aromatic N) is 2. The molecular formula is C13H17BrN2O4. The van der Waals surface area contributed by atoms with Crippen molar-refractivity contribution in [2.24, 2.45) is 0 Å². The van der Waals surface area contributed by atoms with Gasteiger partial charge in [0.1, 0.15) is 5.54 Å². The molecule has 1 rings (SSSR count). The van der Waals surface area contributed by atoms with Gasteiger partial charge in [-0.1, -0.05) is 0 Å². The van der Waals surface area contributed by atoms with Gasteiger partial charge in [-0.15, -0.1) is 0 Å². The summed E-state index contributed by atoms with van der Waals surface area (Å²) in [5.41, 5.74) is 0.0143. The zero-order valence-corrected chi connectivity index (χ0v) is 13.4. The molecule has 0 saturated heterocycles. The normalized spacial score (nSPS) is 11.2. The van der Waals surface area contributed by atoms with Gasteiger partial charge in [-0.25, -0.2) is 4.79 Å². The lowest BCUT2D eigenvalue weighted by molar-refractivity contribution is -0.385. The Bertz CT molecular complexity index is 558. The number of nitro groups is 1. The summed E-state index contributed by atoms with van der Waals surface area (Å²) in [6.07, 6.45) is 0. The van der Waals surface area contributed by atoms with Crippen LogP contribution in [0, 0.1) is 17.0 Å². The average Bonchev–Trinajstić information content (AvgIpc) is 2.33. The minimum absolute atomic E-state index is 0.00445. The minimum atomic E-state index is -1.11. The van der Waals surface area contributed by atoms with Gasteiger partial charge in [-0.2, -0.15) is 0 Å². The number of benzene rings is 1. The Labute approximate surface area is 125 Å². The fourth-order valence-electron chi connectivity index (χ4n) is 2.04. The largest absolute Gasteiger partial charge is 0.480 e. The second kappa shape index (κ2) is 5.78. The predicted molar refractivity (Wildman–Crippen MR) is 80.3 cm³/mol. The smallest absolute Gasteiger partial charge is 0.328 e. The maximum Gasteiger partial charge on any atom is 0.328 e. The Morgan fingerprint density at radius 2 is 2.05 bits per heavy atom. The lowest BCUT2D eigenvalue weighted by atomic mass is 10.0. The zero-order valence-electron chi connectivity index (χ0n) is 11.8. The second-order valence-electron chi connectivity index (χ2n) is 4.96. The molecule has 1 N–H and O–H groups in total. The zero-order chi connectivity index (χ0) is 15.7. The molecule has 20 heavy (non-hydrogen) atoms. The first-order valence-electron chi connectivity index (χ1n) is 6.08. The molecule has 0 atom stereocenters. The Morgan fingerprint density at radius 1 is 1.50 bits per heavy atom. The van der Waals surface area contributed by atoms with Crippen LogP contribution in [-0.4, -0.2) is 28.1 Å². The molecule has 0 saturated carbocycles. The maximum atomic E-state index is 11.4. The molecule has 110 valence electrons. The number of nitro benzene ring substituents is 1. The topological polar surface area (TPSA) is 83.7 Å². The van der Waals surface area contributed by atoms with E-state index in [-0.39, 0.29) is 5.69 Å². The molecule has 7 heteroatoms. The van der Waals surface area contributed by atoms with E-state index in [9.17, 15) is 20.0 Å². The van der Waals surface area contributed by atoms with Crippen molar-refractivity contribution < 1.29 is 14.8 Å². The van der Waals surface area contributed by atoms with Crippen LogP contribution in [0.5, 0.6) is 0 Å². The summed E-state index contributed by atoms with van der Waals surface area (Å²) in [5.74, 6) is -0.956. The van der Waals surface area contributed by atoms with Crippen LogP contribution < -0.4 is 4.90 Å². The van der Waals surface area contributed by atoms with Crippen molar-refractivity contribution in [2.45, 2.75) is 33.2 Å². The van der Waals surface area contributed by atoms with E-state index in [4.69, 9.17) is 0 Å². The molecule has 1 aromatic carbocycles. The van der Waals surface area contributed by atoms with E-state index in [1.54, 1.807) is 31.7 Å². The molecule has 0 bridgehead atoms. The highest BCUT2D eigenvalue weighted by Crippen LogP contribution is 2.36. The lowest BCUT2D eigenvalue weighted by Gasteiger charge is -2.37. The number of hydrogen-bond acceptors (Lipinski definition) is 4. The van der Waals surface area contributed by atoms with Crippen LogP contribution in [0.15, 0.2) is 16.6 Å². The van der Waals surface area contributed by atoms with Crippen LogP contribution in [0.4, 0.5) is 11.4 Å². The summed E-state index contributed by atoms with van der Waals surface area (Å²) in [6, 6.07) is 3.04. The van der Waals surface area contributed by atoms with E-state index in [0.717, 1.165) is 0 Å². The van der Waals surface area contributed by atoms with E-state index >= 15 is 0 Å². The van der Waals surface area contributed by atoms with E-state index in [2.05, 4.69) is 15.9 Å². The third-order valence-electron chi connectivity index (χ3n) is 3.27. The van der Waals surface area contributed by atoms with Gasteiger partial charge < -0.3 is 10.0 Å². The molecular weight excluding hydrogens is 328 g/mol. The number of likely N-dealkylation sites (N-methyl/N-ethyl adjacent to an activating group) is 1. The van der Waals surface area contributed by atoms with Gasteiger partial charge in [0.25, 0.3) is 5.69 Å². The highest BCUT2D eigenvalue weighted by Gasteiger charge is 2.35. The van der Waals surface area contributed by atoms with Crippen molar-refractivity contribution in [1.82, 2.24) is 0 Å². The van der Waals surface area contributed by atoms with Gasteiger partial charge in [0.2, 0.25) is 0 Å². The third kappa shape index (κ3) is 2.92. The van der Waals surface area contributed by atoms with Crippen molar-refractivity contribution in [3.8, 4) is 0 Å². The van der Waals surface area contributed by atoms with Gasteiger partial charge in [-0.3, -0.25) is 10.1 Å². The highest BCUT2D eigenvalue weighted by atomic mass is 79.9. The van der Waals surface area contributed by atoms with Gasteiger partial charge in [0.15, 0.2) is 0 Å². The van der Waals surface area contributed by atoms with E-state index in [1.807, 2.05) is 6.92 Å². The molecule has 0 spiro atoms. The molecule has 0 amide bonds. The molecule has 0 fully saturated rings. The number of carbonyl (C=O) groups is 1. The maximum absolute atomic E-state index is 11.4. The van der Waals surface area contributed by atoms with Gasteiger partial charge in [0, 0.05) is 22.6 Å². The fraction of sp³-hybridized carbons (Fsp3) is 0.462. The second-order valence-corrected chi connectivity index (χ2v) is 5.81. The number of rotatable bonds is 5. The van der Waals surface area contributed by atoms with Crippen LogP contribution in [0.2, 0.25) is 0 Å². The van der Waals surface area contributed by atoms with Gasteiger partial charge >= 0.3 is 5.97 Å². The van der Waals surface area contributed by atoms with Crippen LogP contribution in [-0.2, 0) is 4.79 Å². The van der Waals surface area contributed by atoms with Crippen molar-refractivity contribution in [3.05, 3.63) is 32.3 Å². The summed E-state index contributed by atoms with van der Waals surface area (Å²) >= 11 is 3.29. The quantitative estimate of drug-likeness (QED) is 0.653. The minimum Gasteiger partial charge on any atom is -0.480 e. The molecule has 0 aromatic heterocycles. The summed E-state index contributed by atoms with van der Waals surface area (Å²) in [7, 11) is 0. The SMILES string of the molecule is CCN(c1cc(C)c([N+](=O)[O-])cc1Br)C(C)(C)C(=O)O. The average molecular weight is 345 g/mol. The molecule has 0 radical (unpaired) electrons. The highest BCUT2D eigenvalue weighted by molar-refractivity contribution is 9.10. The van der Waals surface area contributed by atoms with E-state index in [1.165, 1.54) is 6.07 Å². The van der Waals surface area contributed by atoms with Gasteiger partial charge in [-0.05, 0) is 49.7 Å². The molecule has 0 aliphatic heterocycles. The number of aryl methyl sites for hydroxylation is 1. The number of hydrogen-bond donors (Lipinski definition) is 1. The molecule has 1 aromatic rings. The first-order chi connectivity index (χ1) is 9.12. The fourth-order valence-corrected chi connectivity index (χ4v) is 2.59. The van der Waals surface area contributed by atoms with Crippen molar-refractivity contribution in [1.29, 1.82) is 0 Å². The lowest BCUT2D eigenvalue weighted by Crippen LogP contribution is -2.50. The first-order valence-corrected chi connectivity index (χ1v) is 6.87. The summed E-state index contributed by atoms with van der Waals surface area (Å²) in [5, 5.41) is 20.2. The molecule has 0 heterocycles. The third-order valence-corrected chi connectivity index (χ3v) is 3.90. The number of anilines is 1. The van der Waals surface area contributed by atoms with E-state index in [0.29, 0.717) is 22.3 Å². The van der Waals surface area contributed by atoms with Crippen LogP contribution >= 0.6 is 15.9 Å². The molecule has 0 aliphatic carbocycles. The predicted octanol–water partition coefficient (Wildman–Crippen LogP) is 3.36. The van der Waals surface area contributed by atoms with Crippen LogP contribution in [0.25, 0.3) is 0 Å². The van der Waals surface area contributed by atoms with Crippen molar-refractivity contribution >= 4 is 33.3 Å². The number of carboxylic acids is 1. The standard InChI is InChI=1S/C13H17BrN2O4/c1-5-15(13(3,4)12(17)18)11-6-8(2)10(16(19)20)7-9(11)14/h6-7H,5H2,1-4H3,(H,17,18). The number of halogens is 1. The summed E-state index contributed by atoms with van der Waals surface area (Å²) < 4.78 is 0.506. The number of carboxylic acid groups (broad SMARTS) is 1. The van der Waals surface area contributed by atoms with E-state index < -0.39 is 16.4 Å². The van der Waals surface area contributed by atoms with Crippen LogP contribution in [0.1, 0.15) is 26.3 Å². The first kappa shape index (κ1) is 16.4. The Balaban J connectivity index is 3.42. The number of aliphatic carboxylic acids is 1. The Hall–Kier alpha value is -1.63. The Morgan fingerprint density at radius 3 is 2.45 bits per heavy atom. The van der Waals surface area contributed by atoms with Crippen molar-refractivity contribution in [3.63, 3.8) is 0 Å². The summed E-state index contributed by atoms with van der Waals surface area (Å²) in [6.45, 7) is 7.14. The molecule has 6 nitrogen and oxygen atoms in total.